The third-order valence-corrected chi connectivity index (χ3v) is 4.96. The Labute approximate surface area is 159 Å². The summed E-state index contributed by atoms with van der Waals surface area (Å²) >= 11 is 0. The van der Waals surface area contributed by atoms with Gasteiger partial charge in [-0.2, -0.15) is 0 Å². The number of ketones is 1. The SMILES string of the molecule is CCOOCC1C(c2ccc(OC)cc2)C(C(=O)OCC)C(=O)CC1(C)O. The molecule has 0 aliphatic heterocycles. The van der Waals surface area contributed by atoms with Crippen molar-refractivity contribution in [3.63, 3.8) is 0 Å². The van der Waals surface area contributed by atoms with E-state index in [1.165, 1.54) is 0 Å². The molecular weight excluding hydrogens is 352 g/mol. The zero-order valence-corrected chi connectivity index (χ0v) is 16.3. The number of rotatable bonds is 8. The second kappa shape index (κ2) is 9.30. The molecule has 4 unspecified atom stereocenters. The Morgan fingerprint density at radius 2 is 1.85 bits per heavy atom. The summed E-state index contributed by atoms with van der Waals surface area (Å²) in [4.78, 5) is 35.5. The van der Waals surface area contributed by atoms with Gasteiger partial charge in [0.2, 0.25) is 0 Å². The molecule has 1 aliphatic carbocycles. The zero-order valence-electron chi connectivity index (χ0n) is 16.3. The van der Waals surface area contributed by atoms with E-state index < -0.39 is 29.3 Å². The molecule has 0 saturated heterocycles. The third kappa shape index (κ3) is 4.86. The Kier molecular flexibility index (Phi) is 7.35. The molecule has 150 valence electrons. The fraction of sp³-hybridized carbons (Fsp3) is 0.600. The van der Waals surface area contributed by atoms with E-state index in [4.69, 9.17) is 19.2 Å². The average Bonchev–Trinajstić information content (AvgIpc) is 2.62. The largest absolute Gasteiger partial charge is 0.497 e. The van der Waals surface area contributed by atoms with Crippen LogP contribution in [0.1, 0.15) is 38.7 Å². The molecule has 0 aromatic heterocycles. The van der Waals surface area contributed by atoms with Gasteiger partial charge in [0, 0.05) is 18.3 Å². The maximum atomic E-state index is 12.8. The second-order valence-corrected chi connectivity index (χ2v) is 6.83. The molecule has 1 aliphatic rings. The molecule has 27 heavy (non-hydrogen) atoms. The van der Waals surface area contributed by atoms with Crippen molar-refractivity contribution in [3.8, 4) is 5.75 Å². The van der Waals surface area contributed by atoms with Crippen molar-refractivity contribution in [2.45, 2.75) is 38.7 Å². The Bertz CT molecular complexity index is 638. The van der Waals surface area contributed by atoms with Crippen LogP contribution in [-0.2, 0) is 24.1 Å². The molecule has 2 rings (SSSR count). The van der Waals surface area contributed by atoms with Crippen molar-refractivity contribution in [2.24, 2.45) is 11.8 Å². The number of carbonyl (C=O) groups is 2. The summed E-state index contributed by atoms with van der Waals surface area (Å²) in [6.07, 6.45) is -0.150. The second-order valence-electron chi connectivity index (χ2n) is 6.83. The molecule has 0 amide bonds. The van der Waals surface area contributed by atoms with Crippen LogP contribution in [-0.4, -0.2) is 49.4 Å². The third-order valence-electron chi connectivity index (χ3n) is 4.96. The van der Waals surface area contributed by atoms with Crippen LogP contribution >= 0.6 is 0 Å². The first kappa shape index (κ1) is 21.3. The standard InChI is InChI=1S/C20H28O7/c1-5-25-19(22)18-16(21)11-20(3,23)15(12-27-26-6-2)17(18)13-7-9-14(24-4)10-8-13/h7-10,15,17-18,23H,5-6,11-12H2,1-4H3. The lowest BCUT2D eigenvalue weighted by Gasteiger charge is -2.44. The monoisotopic (exact) mass is 380 g/mol. The van der Waals surface area contributed by atoms with E-state index in [0.29, 0.717) is 12.4 Å². The van der Waals surface area contributed by atoms with Gasteiger partial charge in [-0.3, -0.25) is 9.59 Å². The van der Waals surface area contributed by atoms with E-state index in [0.717, 1.165) is 5.56 Å². The highest BCUT2D eigenvalue weighted by atomic mass is 17.2. The molecule has 0 radical (unpaired) electrons. The van der Waals surface area contributed by atoms with Crippen LogP contribution in [0.5, 0.6) is 5.75 Å². The molecule has 1 aromatic carbocycles. The van der Waals surface area contributed by atoms with Crippen LogP contribution < -0.4 is 4.74 Å². The van der Waals surface area contributed by atoms with E-state index in [-0.39, 0.29) is 25.4 Å². The fourth-order valence-corrected chi connectivity index (χ4v) is 3.66. The molecule has 0 heterocycles. The van der Waals surface area contributed by atoms with E-state index in [9.17, 15) is 14.7 Å². The molecule has 7 heteroatoms. The zero-order chi connectivity index (χ0) is 20.0. The minimum Gasteiger partial charge on any atom is -0.497 e. The Morgan fingerprint density at radius 1 is 1.19 bits per heavy atom. The highest BCUT2D eigenvalue weighted by Gasteiger charge is 2.53. The van der Waals surface area contributed by atoms with Gasteiger partial charge in [0.1, 0.15) is 11.7 Å². The smallest absolute Gasteiger partial charge is 0.317 e. The summed E-state index contributed by atoms with van der Waals surface area (Å²) in [7, 11) is 1.56. The van der Waals surface area contributed by atoms with Crippen molar-refractivity contribution in [2.75, 3.05) is 26.9 Å². The highest BCUT2D eigenvalue weighted by molar-refractivity contribution is 6.01. The minimum absolute atomic E-state index is 0.0424. The molecular formula is C20H28O7. The number of hydrogen-bond acceptors (Lipinski definition) is 7. The molecule has 1 saturated carbocycles. The predicted molar refractivity (Wildman–Crippen MR) is 97.2 cm³/mol. The van der Waals surface area contributed by atoms with Crippen LogP contribution in [0.2, 0.25) is 0 Å². The van der Waals surface area contributed by atoms with Crippen LogP contribution in [0.3, 0.4) is 0 Å². The van der Waals surface area contributed by atoms with Crippen LogP contribution in [0.15, 0.2) is 24.3 Å². The lowest BCUT2D eigenvalue weighted by Crippen LogP contribution is -2.53. The normalized spacial score (nSPS) is 28.0. The molecule has 1 aromatic rings. The maximum absolute atomic E-state index is 12.8. The van der Waals surface area contributed by atoms with Gasteiger partial charge < -0.3 is 14.6 Å². The molecule has 4 atom stereocenters. The summed E-state index contributed by atoms with van der Waals surface area (Å²) in [6.45, 7) is 5.63. The van der Waals surface area contributed by atoms with E-state index in [1.807, 2.05) is 0 Å². The van der Waals surface area contributed by atoms with Crippen molar-refractivity contribution in [1.29, 1.82) is 0 Å². The van der Waals surface area contributed by atoms with Gasteiger partial charge in [-0.05, 0) is 38.5 Å². The predicted octanol–water partition coefficient (Wildman–Crippen LogP) is 2.27. The number of esters is 1. The summed E-state index contributed by atoms with van der Waals surface area (Å²) < 4.78 is 10.3. The van der Waals surface area contributed by atoms with Crippen LogP contribution in [0.25, 0.3) is 0 Å². The van der Waals surface area contributed by atoms with Gasteiger partial charge in [-0.25, -0.2) is 9.78 Å². The average molecular weight is 380 g/mol. The number of methoxy groups -OCH3 is 1. The van der Waals surface area contributed by atoms with Gasteiger partial charge in [-0.15, -0.1) is 0 Å². The van der Waals surface area contributed by atoms with E-state index in [2.05, 4.69) is 0 Å². The fourth-order valence-electron chi connectivity index (χ4n) is 3.66. The summed E-state index contributed by atoms with van der Waals surface area (Å²) in [5.41, 5.74) is -0.617. The van der Waals surface area contributed by atoms with Crippen molar-refractivity contribution >= 4 is 11.8 Å². The number of benzene rings is 1. The highest BCUT2D eigenvalue weighted by Crippen LogP contribution is 2.46. The van der Waals surface area contributed by atoms with Crippen molar-refractivity contribution in [3.05, 3.63) is 29.8 Å². The lowest BCUT2D eigenvalue weighted by atomic mass is 9.62. The minimum atomic E-state index is -1.35. The number of ether oxygens (including phenoxy) is 2. The Hall–Kier alpha value is -1.96. The van der Waals surface area contributed by atoms with Gasteiger partial charge in [0.25, 0.3) is 0 Å². The summed E-state index contributed by atoms with van der Waals surface area (Å²) in [5, 5.41) is 10.9. The maximum Gasteiger partial charge on any atom is 0.317 e. The topological polar surface area (TPSA) is 91.3 Å². The molecule has 7 nitrogen and oxygen atoms in total. The van der Waals surface area contributed by atoms with E-state index in [1.54, 1.807) is 52.1 Å². The van der Waals surface area contributed by atoms with Crippen molar-refractivity contribution in [1.82, 2.24) is 0 Å². The van der Waals surface area contributed by atoms with Gasteiger partial charge in [-0.1, -0.05) is 12.1 Å². The van der Waals surface area contributed by atoms with Crippen molar-refractivity contribution < 1.29 is 33.9 Å². The Morgan fingerprint density at radius 3 is 2.41 bits per heavy atom. The summed E-state index contributed by atoms with van der Waals surface area (Å²) in [5.74, 6) is -2.42. The van der Waals surface area contributed by atoms with E-state index >= 15 is 0 Å². The number of aliphatic hydroxyl groups is 1. The van der Waals surface area contributed by atoms with Crippen LogP contribution in [0, 0.1) is 11.8 Å². The first-order valence-corrected chi connectivity index (χ1v) is 9.15. The van der Waals surface area contributed by atoms with Gasteiger partial charge in [0.15, 0.2) is 5.78 Å². The van der Waals surface area contributed by atoms with Gasteiger partial charge >= 0.3 is 5.97 Å². The number of hydrogen-bond donors (Lipinski definition) is 1. The first-order chi connectivity index (χ1) is 12.9. The molecule has 0 bridgehead atoms. The van der Waals surface area contributed by atoms with Gasteiger partial charge in [0.05, 0.1) is 32.5 Å². The molecule has 1 fully saturated rings. The first-order valence-electron chi connectivity index (χ1n) is 9.15. The molecule has 1 N–H and O–H groups in total. The number of carbonyl (C=O) groups excluding carboxylic acids is 2. The lowest BCUT2D eigenvalue weighted by molar-refractivity contribution is -0.307. The number of Topliss-reactive ketones (excluding diaryl/α,β-unsaturated/α-hetero) is 1. The quantitative estimate of drug-likeness (QED) is 0.243. The Balaban J connectivity index is 2.46. The summed E-state index contributed by atoms with van der Waals surface area (Å²) in [6, 6.07) is 7.09. The van der Waals surface area contributed by atoms with Crippen LogP contribution in [0.4, 0.5) is 0 Å². The molecule has 0 spiro atoms.